The average molecular weight is 330 g/mol. The van der Waals surface area contributed by atoms with Crippen LogP contribution in [0.5, 0.6) is 0 Å². The molecule has 0 saturated carbocycles. The van der Waals surface area contributed by atoms with Crippen molar-refractivity contribution in [2.45, 2.75) is 6.42 Å². The van der Waals surface area contributed by atoms with Crippen molar-refractivity contribution in [3.63, 3.8) is 0 Å². The molecule has 5 nitrogen and oxygen atoms in total. The summed E-state index contributed by atoms with van der Waals surface area (Å²) in [5.74, 6) is 0.0930. The monoisotopic (exact) mass is 328 g/mol. The molecule has 7 heteroatoms. The number of anilines is 1. The summed E-state index contributed by atoms with van der Waals surface area (Å²) in [5, 5.41) is 4.09. The highest BCUT2D eigenvalue weighted by molar-refractivity contribution is 9.10. The van der Waals surface area contributed by atoms with Crippen LogP contribution in [0.2, 0.25) is 5.02 Å². The molecule has 1 aromatic rings. The van der Waals surface area contributed by atoms with E-state index in [1.165, 1.54) is 0 Å². The number of carbonyl (C=O) groups excluding carboxylic acids is 1. The molecule has 1 unspecified atom stereocenters. The summed E-state index contributed by atoms with van der Waals surface area (Å²) in [4.78, 5) is 16.3. The predicted octanol–water partition coefficient (Wildman–Crippen LogP) is 3.77. The van der Waals surface area contributed by atoms with Crippen molar-refractivity contribution in [3.8, 4) is 0 Å². The molecule has 0 aromatic heterocycles. The standard InChI is InChI=1S/C11H10BrClN4O/c12-11-8(13)2-1-3-9(11)17-6-7(4-10(17)18)5-15-16-14/h1-3,7H,4-6H2. The van der Waals surface area contributed by atoms with Gasteiger partial charge >= 0.3 is 0 Å². The van der Waals surface area contributed by atoms with Crippen LogP contribution in [0.15, 0.2) is 27.8 Å². The molecule has 1 aliphatic rings. The van der Waals surface area contributed by atoms with Crippen LogP contribution in [0.1, 0.15) is 6.42 Å². The summed E-state index contributed by atoms with van der Waals surface area (Å²) < 4.78 is 0.712. The Labute approximate surface area is 117 Å². The van der Waals surface area contributed by atoms with Gasteiger partial charge in [-0.15, -0.1) is 0 Å². The van der Waals surface area contributed by atoms with Crippen LogP contribution < -0.4 is 4.90 Å². The summed E-state index contributed by atoms with van der Waals surface area (Å²) in [6.45, 7) is 0.897. The molecule has 1 aromatic carbocycles. The third-order valence-corrected chi connectivity index (χ3v) is 4.21. The van der Waals surface area contributed by atoms with Crippen LogP contribution in [0.25, 0.3) is 10.4 Å². The maximum Gasteiger partial charge on any atom is 0.227 e. The van der Waals surface area contributed by atoms with Crippen molar-refractivity contribution < 1.29 is 4.79 Å². The van der Waals surface area contributed by atoms with Gasteiger partial charge in [0, 0.05) is 24.4 Å². The zero-order valence-corrected chi connectivity index (χ0v) is 11.7. The molecule has 1 fully saturated rings. The first-order valence-electron chi connectivity index (χ1n) is 5.38. The summed E-state index contributed by atoms with van der Waals surface area (Å²) in [6.07, 6.45) is 0.401. The molecule has 0 N–H and O–H groups in total. The van der Waals surface area contributed by atoms with Gasteiger partial charge in [-0.2, -0.15) is 0 Å². The van der Waals surface area contributed by atoms with E-state index in [1.807, 2.05) is 6.07 Å². The van der Waals surface area contributed by atoms with Gasteiger partial charge in [0.2, 0.25) is 5.91 Å². The Balaban J connectivity index is 2.21. The lowest BCUT2D eigenvalue weighted by Gasteiger charge is -2.18. The number of amides is 1. The van der Waals surface area contributed by atoms with E-state index in [-0.39, 0.29) is 11.8 Å². The van der Waals surface area contributed by atoms with Crippen LogP contribution in [-0.2, 0) is 4.79 Å². The molecular weight excluding hydrogens is 320 g/mol. The molecule has 0 spiro atoms. The van der Waals surface area contributed by atoms with E-state index in [0.29, 0.717) is 29.0 Å². The van der Waals surface area contributed by atoms with E-state index in [9.17, 15) is 4.79 Å². The van der Waals surface area contributed by atoms with E-state index in [2.05, 4.69) is 26.0 Å². The smallest absolute Gasteiger partial charge is 0.227 e. The summed E-state index contributed by atoms with van der Waals surface area (Å²) in [5.41, 5.74) is 9.05. The van der Waals surface area contributed by atoms with E-state index in [4.69, 9.17) is 17.1 Å². The number of carbonyl (C=O) groups is 1. The fraction of sp³-hybridized carbons (Fsp3) is 0.364. The molecule has 0 aliphatic carbocycles. The third-order valence-electron chi connectivity index (χ3n) is 2.83. The first-order valence-corrected chi connectivity index (χ1v) is 6.56. The number of hydrogen-bond donors (Lipinski definition) is 0. The molecule has 18 heavy (non-hydrogen) atoms. The largest absolute Gasteiger partial charge is 0.311 e. The quantitative estimate of drug-likeness (QED) is 0.473. The number of azide groups is 1. The predicted molar refractivity (Wildman–Crippen MR) is 73.6 cm³/mol. The van der Waals surface area contributed by atoms with Gasteiger partial charge in [-0.05, 0) is 39.5 Å². The van der Waals surface area contributed by atoms with Gasteiger partial charge in [0.15, 0.2) is 0 Å². The minimum atomic E-state index is 0.0242. The van der Waals surface area contributed by atoms with Gasteiger partial charge in [-0.3, -0.25) is 4.79 Å². The average Bonchev–Trinajstić information content (AvgIpc) is 2.71. The Morgan fingerprint density at radius 2 is 2.39 bits per heavy atom. The highest BCUT2D eigenvalue weighted by Gasteiger charge is 2.31. The normalized spacial score (nSPS) is 18.9. The Hall–Kier alpha value is -1.23. The van der Waals surface area contributed by atoms with Crippen molar-refractivity contribution in [2.75, 3.05) is 18.0 Å². The van der Waals surface area contributed by atoms with Gasteiger partial charge in [0.05, 0.1) is 15.2 Å². The number of nitrogens with zero attached hydrogens (tertiary/aromatic N) is 4. The van der Waals surface area contributed by atoms with Gasteiger partial charge in [-0.1, -0.05) is 22.8 Å². The highest BCUT2D eigenvalue weighted by atomic mass is 79.9. The molecule has 94 valence electrons. The van der Waals surface area contributed by atoms with Crippen LogP contribution in [0.4, 0.5) is 5.69 Å². The minimum Gasteiger partial charge on any atom is -0.311 e. The lowest BCUT2D eigenvalue weighted by molar-refractivity contribution is -0.117. The maximum atomic E-state index is 11.9. The van der Waals surface area contributed by atoms with Crippen LogP contribution in [0.3, 0.4) is 0 Å². The second-order valence-corrected chi connectivity index (χ2v) is 5.26. The molecule has 1 atom stereocenters. The molecule has 0 bridgehead atoms. The molecule has 2 rings (SSSR count). The Bertz CT molecular complexity index is 530. The maximum absolute atomic E-state index is 11.9. The molecular formula is C11H10BrClN4O. The zero-order valence-electron chi connectivity index (χ0n) is 9.38. The Morgan fingerprint density at radius 3 is 3.11 bits per heavy atom. The van der Waals surface area contributed by atoms with Crippen molar-refractivity contribution in [2.24, 2.45) is 11.0 Å². The minimum absolute atomic E-state index is 0.0242. The van der Waals surface area contributed by atoms with Crippen LogP contribution in [-0.4, -0.2) is 19.0 Å². The van der Waals surface area contributed by atoms with Crippen molar-refractivity contribution >= 4 is 39.1 Å². The van der Waals surface area contributed by atoms with E-state index < -0.39 is 0 Å². The van der Waals surface area contributed by atoms with Crippen molar-refractivity contribution in [1.82, 2.24) is 0 Å². The van der Waals surface area contributed by atoms with E-state index in [1.54, 1.807) is 17.0 Å². The van der Waals surface area contributed by atoms with Crippen LogP contribution >= 0.6 is 27.5 Å². The van der Waals surface area contributed by atoms with Crippen molar-refractivity contribution in [1.29, 1.82) is 0 Å². The molecule has 1 heterocycles. The number of hydrogen-bond acceptors (Lipinski definition) is 2. The van der Waals surface area contributed by atoms with Gasteiger partial charge in [0.25, 0.3) is 0 Å². The van der Waals surface area contributed by atoms with Gasteiger partial charge in [-0.25, -0.2) is 0 Å². The lowest BCUT2D eigenvalue weighted by Crippen LogP contribution is -2.25. The molecule has 0 radical (unpaired) electrons. The van der Waals surface area contributed by atoms with E-state index in [0.717, 1.165) is 5.69 Å². The van der Waals surface area contributed by atoms with Crippen molar-refractivity contribution in [3.05, 3.63) is 38.1 Å². The molecule has 1 amide bonds. The zero-order chi connectivity index (χ0) is 13.1. The number of rotatable bonds is 3. The first kappa shape index (κ1) is 13.2. The second kappa shape index (κ2) is 5.61. The number of halogens is 2. The van der Waals surface area contributed by atoms with Gasteiger partial charge in [0.1, 0.15) is 0 Å². The molecule has 1 aliphatic heterocycles. The fourth-order valence-corrected chi connectivity index (χ4v) is 2.64. The second-order valence-electron chi connectivity index (χ2n) is 4.06. The SMILES string of the molecule is [N-]=[N+]=NCC1CC(=O)N(c2cccc(Cl)c2Br)C1. The summed E-state index contributed by atoms with van der Waals surface area (Å²) in [6, 6.07) is 5.40. The summed E-state index contributed by atoms with van der Waals surface area (Å²) >= 11 is 9.39. The van der Waals surface area contributed by atoms with Gasteiger partial charge < -0.3 is 4.90 Å². The Kier molecular flexibility index (Phi) is 4.11. The first-order chi connectivity index (χ1) is 8.63. The highest BCUT2D eigenvalue weighted by Crippen LogP contribution is 2.35. The molecule has 1 saturated heterocycles. The van der Waals surface area contributed by atoms with E-state index >= 15 is 0 Å². The number of benzene rings is 1. The van der Waals surface area contributed by atoms with Crippen LogP contribution in [0, 0.1) is 5.92 Å². The topological polar surface area (TPSA) is 69.1 Å². The lowest BCUT2D eigenvalue weighted by atomic mass is 10.1. The summed E-state index contributed by atoms with van der Waals surface area (Å²) in [7, 11) is 0. The fourth-order valence-electron chi connectivity index (χ4n) is 1.99. The Morgan fingerprint density at radius 1 is 1.61 bits per heavy atom. The third kappa shape index (κ3) is 2.61.